The third-order valence-electron chi connectivity index (χ3n) is 3.91. The molecule has 2 aromatic carbocycles. The number of benzene rings is 2. The summed E-state index contributed by atoms with van der Waals surface area (Å²) >= 11 is 1.54. The molecule has 0 fully saturated rings. The minimum absolute atomic E-state index is 0.480. The van der Waals surface area contributed by atoms with Crippen molar-refractivity contribution in [2.75, 3.05) is 0 Å². The number of pyridine rings is 1. The highest BCUT2D eigenvalue weighted by Crippen LogP contribution is 2.23. The van der Waals surface area contributed by atoms with Gasteiger partial charge >= 0.3 is 0 Å². The van der Waals surface area contributed by atoms with Crippen LogP contribution in [0.5, 0.6) is 0 Å². The predicted octanol–water partition coefficient (Wildman–Crippen LogP) is 5.03. The Morgan fingerprint density at radius 3 is 2.42 bits per heavy atom. The summed E-state index contributed by atoms with van der Waals surface area (Å²) < 4.78 is 15.6. The molecule has 0 spiro atoms. The van der Waals surface area contributed by atoms with E-state index in [1.807, 2.05) is 60.8 Å². The Hall–Kier alpha value is -3.05. The molecule has 4 aromatic rings. The first-order valence-electron chi connectivity index (χ1n) is 8.24. The minimum atomic E-state index is -0.480. The number of nitrogens with zero attached hydrogens (tertiary/aromatic N) is 3. The average Bonchev–Trinajstić information content (AvgIpc) is 3.06. The molecule has 0 aliphatic carbocycles. The van der Waals surface area contributed by atoms with Gasteiger partial charge in [-0.2, -0.15) is 4.39 Å². The van der Waals surface area contributed by atoms with E-state index in [2.05, 4.69) is 21.7 Å². The molecule has 128 valence electrons. The summed E-state index contributed by atoms with van der Waals surface area (Å²) in [5.41, 5.74) is 2.88. The molecule has 0 saturated heterocycles. The number of rotatable bonds is 4. The molecule has 0 N–H and O–H groups in total. The molecule has 0 atom stereocenters. The molecule has 2 heterocycles. The van der Waals surface area contributed by atoms with E-state index in [1.54, 1.807) is 0 Å². The van der Waals surface area contributed by atoms with Gasteiger partial charge in [0.1, 0.15) is 0 Å². The normalized spacial score (nSPS) is 11.7. The summed E-state index contributed by atoms with van der Waals surface area (Å²) in [6, 6.07) is 23.3. The van der Waals surface area contributed by atoms with Crippen LogP contribution in [0.25, 0.3) is 10.4 Å². The second kappa shape index (κ2) is 7.45. The van der Waals surface area contributed by atoms with Gasteiger partial charge in [-0.05, 0) is 29.3 Å². The molecule has 3 nitrogen and oxygen atoms in total. The molecule has 0 aliphatic rings. The lowest BCUT2D eigenvalue weighted by Crippen LogP contribution is -2.14. The van der Waals surface area contributed by atoms with Crippen LogP contribution in [0.3, 0.4) is 0 Å². The lowest BCUT2D eigenvalue weighted by Gasteiger charge is -2.03. The van der Waals surface area contributed by atoms with Crippen molar-refractivity contribution in [3.63, 3.8) is 0 Å². The zero-order chi connectivity index (χ0) is 17.8. The number of aromatic nitrogens is 2. The average molecular weight is 361 g/mol. The van der Waals surface area contributed by atoms with Gasteiger partial charge in [0.2, 0.25) is 5.95 Å². The standard InChI is InChI=1S/C21H16FN3S/c22-20-13-17(11-12-23-20)19-15-25(14-16-7-3-1-4-8-16)21(26-19)24-18-9-5-2-6-10-18/h1-13,15H,14H2. The molecule has 0 bridgehead atoms. The molecule has 2 aromatic heterocycles. The molecular formula is C21H16FN3S. The summed E-state index contributed by atoms with van der Waals surface area (Å²) in [6.07, 6.45) is 3.51. The SMILES string of the molecule is Fc1cc(-c2cn(Cc3ccccc3)c(=Nc3ccccc3)s2)ccn1. The van der Waals surface area contributed by atoms with E-state index in [4.69, 9.17) is 4.99 Å². The first-order chi connectivity index (χ1) is 12.8. The summed E-state index contributed by atoms with van der Waals surface area (Å²) in [6.45, 7) is 0.705. The Bertz CT molecular complexity index is 1070. The van der Waals surface area contributed by atoms with Gasteiger partial charge in [0.25, 0.3) is 0 Å². The van der Waals surface area contributed by atoms with Crippen LogP contribution in [0.2, 0.25) is 0 Å². The van der Waals surface area contributed by atoms with E-state index in [9.17, 15) is 4.39 Å². The number of halogens is 1. The van der Waals surface area contributed by atoms with E-state index in [0.29, 0.717) is 6.54 Å². The number of hydrogen-bond donors (Lipinski definition) is 0. The Labute approximate surface area is 154 Å². The molecule has 4 rings (SSSR count). The minimum Gasteiger partial charge on any atom is -0.319 e. The fourth-order valence-corrected chi connectivity index (χ4v) is 3.67. The summed E-state index contributed by atoms with van der Waals surface area (Å²) in [5, 5.41) is 0. The molecule has 0 saturated carbocycles. The first kappa shape index (κ1) is 16.4. The highest BCUT2D eigenvalue weighted by molar-refractivity contribution is 7.12. The maximum Gasteiger partial charge on any atom is 0.213 e. The monoisotopic (exact) mass is 361 g/mol. The first-order valence-corrected chi connectivity index (χ1v) is 9.05. The van der Waals surface area contributed by atoms with Crippen LogP contribution in [-0.4, -0.2) is 9.55 Å². The van der Waals surface area contributed by atoms with Crippen LogP contribution >= 0.6 is 11.3 Å². The molecular weight excluding hydrogens is 345 g/mol. The smallest absolute Gasteiger partial charge is 0.213 e. The van der Waals surface area contributed by atoms with E-state index >= 15 is 0 Å². The maximum atomic E-state index is 13.5. The summed E-state index contributed by atoms with van der Waals surface area (Å²) in [5.74, 6) is -0.480. The Kier molecular flexibility index (Phi) is 4.71. The van der Waals surface area contributed by atoms with Gasteiger partial charge in [0, 0.05) is 25.0 Å². The third kappa shape index (κ3) is 3.78. The molecule has 5 heteroatoms. The summed E-state index contributed by atoms with van der Waals surface area (Å²) in [4.78, 5) is 10.2. The van der Waals surface area contributed by atoms with Crippen LogP contribution in [-0.2, 0) is 6.54 Å². The molecule has 0 unspecified atom stereocenters. The molecule has 0 radical (unpaired) electrons. The third-order valence-corrected chi connectivity index (χ3v) is 4.98. The van der Waals surface area contributed by atoms with Crippen LogP contribution < -0.4 is 4.80 Å². The fourth-order valence-electron chi connectivity index (χ4n) is 2.66. The van der Waals surface area contributed by atoms with Gasteiger partial charge in [0.15, 0.2) is 4.80 Å². The van der Waals surface area contributed by atoms with Gasteiger partial charge in [-0.1, -0.05) is 59.9 Å². The van der Waals surface area contributed by atoms with Gasteiger partial charge < -0.3 is 4.57 Å². The number of thiazole rings is 1. The van der Waals surface area contributed by atoms with Crippen molar-refractivity contribution in [1.82, 2.24) is 9.55 Å². The summed E-state index contributed by atoms with van der Waals surface area (Å²) in [7, 11) is 0. The van der Waals surface area contributed by atoms with E-state index in [0.717, 1.165) is 20.9 Å². The van der Waals surface area contributed by atoms with Crippen LogP contribution in [0.1, 0.15) is 5.56 Å². The van der Waals surface area contributed by atoms with Crippen LogP contribution in [0, 0.1) is 5.95 Å². The van der Waals surface area contributed by atoms with E-state index in [-0.39, 0.29) is 0 Å². The van der Waals surface area contributed by atoms with Crippen molar-refractivity contribution >= 4 is 17.0 Å². The van der Waals surface area contributed by atoms with Crippen molar-refractivity contribution in [2.24, 2.45) is 4.99 Å². The molecule has 26 heavy (non-hydrogen) atoms. The second-order valence-corrected chi connectivity index (χ2v) is 6.82. The zero-order valence-corrected chi connectivity index (χ0v) is 14.7. The molecule has 0 aliphatic heterocycles. The van der Waals surface area contributed by atoms with Gasteiger partial charge in [-0.25, -0.2) is 9.98 Å². The largest absolute Gasteiger partial charge is 0.319 e. The Morgan fingerprint density at radius 1 is 0.962 bits per heavy atom. The highest BCUT2D eigenvalue weighted by atomic mass is 32.1. The van der Waals surface area contributed by atoms with Crippen molar-refractivity contribution in [3.8, 4) is 10.4 Å². The lowest BCUT2D eigenvalue weighted by molar-refractivity contribution is 0.584. The van der Waals surface area contributed by atoms with Gasteiger partial charge in [0.05, 0.1) is 10.6 Å². The van der Waals surface area contributed by atoms with Crippen LogP contribution in [0.4, 0.5) is 10.1 Å². The fraction of sp³-hybridized carbons (Fsp3) is 0.0476. The highest BCUT2D eigenvalue weighted by Gasteiger charge is 2.08. The van der Waals surface area contributed by atoms with Gasteiger partial charge in [-0.15, -0.1) is 0 Å². The Morgan fingerprint density at radius 2 is 1.69 bits per heavy atom. The van der Waals surface area contributed by atoms with Crippen molar-refractivity contribution in [2.45, 2.75) is 6.54 Å². The van der Waals surface area contributed by atoms with Crippen molar-refractivity contribution in [1.29, 1.82) is 0 Å². The van der Waals surface area contributed by atoms with E-state index < -0.39 is 5.95 Å². The lowest BCUT2D eigenvalue weighted by atomic mass is 10.2. The Balaban J connectivity index is 1.81. The van der Waals surface area contributed by atoms with Crippen molar-refractivity contribution in [3.05, 3.63) is 102 Å². The van der Waals surface area contributed by atoms with Crippen molar-refractivity contribution < 1.29 is 4.39 Å². The topological polar surface area (TPSA) is 30.2 Å². The second-order valence-electron chi connectivity index (χ2n) is 5.81. The molecule has 0 amide bonds. The van der Waals surface area contributed by atoms with Crippen LogP contribution in [0.15, 0.2) is 90.2 Å². The quantitative estimate of drug-likeness (QED) is 0.469. The zero-order valence-electron chi connectivity index (χ0n) is 13.9. The van der Waals surface area contributed by atoms with E-state index in [1.165, 1.54) is 29.2 Å². The van der Waals surface area contributed by atoms with Gasteiger partial charge in [-0.3, -0.25) is 0 Å². The predicted molar refractivity (Wildman–Crippen MR) is 103 cm³/mol. The number of para-hydroxylation sites is 1. The maximum absolute atomic E-state index is 13.5. The number of hydrogen-bond acceptors (Lipinski definition) is 3.